The van der Waals surface area contributed by atoms with Gasteiger partial charge in [0, 0.05) is 41.9 Å². The molecular weight excluding hydrogens is 380 g/mol. The summed E-state index contributed by atoms with van der Waals surface area (Å²) < 4.78 is 0. The summed E-state index contributed by atoms with van der Waals surface area (Å²) in [5.74, 6) is 0.275. The Morgan fingerprint density at radius 2 is 1.67 bits per heavy atom. The van der Waals surface area contributed by atoms with Crippen molar-refractivity contribution in [3.63, 3.8) is 0 Å². The molecule has 30 heavy (non-hydrogen) atoms. The quantitative estimate of drug-likeness (QED) is 0.480. The number of carbonyl (C=O) groups excluding carboxylic acids is 2. The van der Waals surface area contributed by atoms with Gasteiger partial charge in [0.1, 0.15) is 0 Å². The van der Waals surface area contributed by atoms with E-state index in [1.165, 1.54) is 0 Å². The molecule has 3 amide bonds. The Bertz CT molecular complexity index is 990. The first-order valence-electron chi connectivity index (χ1n) is 9.58. The molecular formula is C22H24N6O2. The maximum Gasteiger partial charge on any atom is 0.319 e. The molecule has 8 heteroatoms. The van der Waals surface area contributed by atoms with E-state index in [-0.39, 0.29) is 18.0 Å². The molecule has 154 valence electrons. The number of carbonyl (C=O) groups is 2. The van der Waals surface area contributed by atoms with E-state index in [1.54, 1.807) is 48.8 Å². The number of hydrogen-bond acceptors (Lipinski definition) is 5. The summed E-state index contributed by atoms with van der Waals surface area (Å²) in [6.07, 6.45) is 3.28. The van der Waals surface area contributed by atoms with E-state index in [0.717, 1.165) is 11.3 Å². The largest absolute Gasteiger partial charge is 0.348 e. The number of nitrogens with zero attached hydrogens (tertiary/aromatic N) is 2. The normalized spacial score (nSPS) is 10.4. The number of benzene rings is 2. The Morgan fingerprint density at radius 1 is 0.933 bits per heavy atom. The molecule has 2 aromatic carbocycles. The first kappa shape index (κ1) is 20.8. The fourth-order valence-electron chi connectivity index (χ4n) is 2.65. The van der Waals surface area contributed by atoms with Crippen LogP contribution in [0.3, 0.4) is 0 Å². The van der Waals surface area contributed by atoms with Crippen LogP contribution >= 0.6 is 0 Å². The average Bonchev–Trinajstić information content (AvgIpc) is 2.73. The van der Waals surface area contributed by atoms with Crippen LogP contribution in [0.25, 0.3) is 0 Å². The predicted octanol–water partition coefficient (Wildman–Crippen LogP) is 3.68. The summed E-state index contributed by atoms with van der Waals surface area (Å²) in [5, 5.41) is 11.5. The Balaban J connectivity index is 1.54. The van der Waals surface area contributed by atoms with Gasteiger partial charge < -0.3 is 21.3 Å². The number of nitrogens with one attached hydrogen (secondary N) is 4. The molecule has 1 aromatic heterocycles. The van der Waals surface area contributed by atoms with Gasteiger partial charge in [-0.1, -0.05) is 18.2 Å². The van der Waals surface area contributed by atoms with Crippen LogP contribution in [0.2, 0.25) is 0 Å². The van der Waals surface area contributed by atoms with Gasteiger partial charge in [-0.25, -0.2) is 14.8 Å². The second kappa shape index (κ2) is 10.0. The lowest BCUT2D eigenvalue weighted by Crippen LogP contribution is -2.34. The maximum atomic E-state index is 12.5. The number of aromatic nitrogens is 2. The van der Waals surface area contributed by atoms with Gasteiger partial charge in [-0.3, -0.25) is 4.79 Å². The standard InChI is InChI=1S/C22H24N6O2/c1-15(2)26-22(30)28-18-9-7-16(8-10-18)14-25-20(29)17-5-3-6-19(13-17)27-21-23-11-4-12-24-21/h3-13,15H,14H2,1-2H3,(H,25,29)(H,23,24,27)(H2,26,28,30). The predicted molar refractivity (Wildman–Crippen MR) is 117 cm³/mol. The van der Waals surface area contributed by atoms with E-state index in [4.69, 9.17) is 0 Å². The van der Waals surface area contributed by atoms with Crippen molar-refractivity contribution in [2.75, 3.05) is 10.6 Å². The van der Waals surface area contributed by atoms with Crippen molar-refractivity contribution in [1.82, 2.24) is 20.6 Å². The molecule has 0 saturated carbocycles. The zero-order valence-corrected chi connectivity index (χ0v) is 16.8. The maximum absolute atomic E-state index is 12.5. The van der Waals surface area contributed by atoms with Crippen molar-refractivity contribution in [2.45, 2.75) is 26.4 Å². The topological polar surface area (TPSA) is 108 Å². The van der Waals surface area contributed by atoms with Crippen LogP contribution in [0.4, 0.5) is 22.1 Å². The number of rotatable bonds is 7. The molecule has 4 N–H and O–H groups in total. The molecule has 0 aliphatic carbocycles. The van der Waals surface area contributed by atoms with Gasteiger partial charge in [0.2, 0.25) is 5.95 Å². The highest BCUT2D eigenvalue weighted by Crippen LogP contribution is 2.15. The molecule has 3 aromatic rings. The second-order valence-electron chi connectivity index (χ2n) is 6.91. The Kier molecular flexibility index (Phi) is 6.94. The molecule has 0 aliphatic rings. The molecule has 0 atom stereocenters. The summed E-state index contributed by atoms with van der Waals surface area (Å²) in [6.45, 7) is 4.16. The highest BCUT2D eigenvalue weighted by atomic mass is 16.2. The Labute approximate surface area is 175 Å². The lowest BCUT2D eigenvalue weighted by molar-refractivity contribution is 0.0951. The van der Waals surface area contributed by atoms with E-state index < -0.39 is 0 Å². The van der Waals surface area contributed by atoms with Gasteiger partial charge in [-0.05, 0) is 55.8 Å². The van der Waals surface area contributed by atoms with Crippen LogP contribution in [0.15, 0.2) is 67.0 Å². The van der Waals surface area contributed by atoms with Crippen molar-refractivity contribution >= 4 is 29.3 Å². The van der Waals surface area contributed by atoms with E-state index in [0.29, 0.717) is 23.7 Å². The molecule has 0 spiro atoms. The minimum atomic E-state index is -0.250. The molecule has 0 unspecified atom stereocenters. The number of anilines is 3. The zero-order valence-electron chi connectivity index (χ0n) is 16.8. The van der Waals surface area contributed by atoms with Crippen LogP contribution in [-0.2, 0) is 6.54 Å². The van der Waals surface area contributed by atoms with Gasteiger partial charge in [-0.15, -0.1) is 0 Å². The highest BCUT2D eigenvalue weighted by Gasteiger charge is 2.08. The third kappa shape index (κ3) is 6.30. The third-order valence-electron chi connectivity index (χ3n) is 4.03. The van der Waals surface area contributed by atoms with Crippen LogP contribution in [0.1, 0.15) is 29.8 Å². The molecule has 0 aliphatic heterocycles. The van der Waals surface area contributed by atoms with Gasteiger partial charge in [0.05, 0.1) is 0 Å². The summed E-state index contributed by atoms with van der Waals surface area (Å²) in [5.41, 5.74) is 2.86. The molecule has 0 fully saturated rings. The molecule has 8 nitrogen and oxygen atoms in total. The smallest absolute Gasteiger partial charge is 0.319 e. The Morgan fingerprint density at radius 3 is 2.37 bits per heavy atom. The fraction of sp³-hybridized carbons (Fsp3) is 0.182. The van der Waals surface area contributed by atoms with Crippen LogP contribution in [-0.4, -0.2) is 27.9 Å². The van der Waals surface area contributed by atoms with Crippen molar-refractivity contribution in [2.24, 2.45) is 0 Å². The molecule has 0 bridgehead atoms. The lowest BCUT2D eigenvalue weighted by atomic mass is 10.1. The van der Waals surface area contributed by atoms with E-state index in [1.807, 2.05) is 32.0 Å². The summed E-state index contributed by atoms with van der Waals surface area (Å²) in [7, 11) is 0. The minimum Gasteiger partial charge on any atom is -0.348 e. The fourth-order valence-corrected chi connectivity index (χ4v) is 2.65. The molecule has 3 rings (SSSR count). The van der Waals surface area contributed by atoms with E-state index >= 15 is 0 Å². The Hall–Kier alpha value is -3.94. The zero-order chi connectivity index (χ0) is 21.3. The first-order valence-corrected chi connectivity index (χ1v) is 9.58. The number of urea groups is 1. The van der Waals surface area contributed by atoms with Gasteiger partial charge in [0.15, 0.2) is 0 Å². The number of amides is 3. The summed E-state index contributed by atoms with van der Waals surface area (Å²) in [4.78, 5) is 32.5. The number of hydrogen-bond donors (Lipinski definition) is 4. The highest BCUT2D eigenvalue weighted by molar-refractivity contribution is 5.95. The van der Waals surface area contributed by atoms with E-state index in [2.05, 4.69) is 31.2 Å². The third-order valence-corrected chi connectivity index (χ3v) is 4.03. The molecule has 0 radical (unpaired) electrons. The van der Waals surface area contributed by atoms with Crippen LogP contribution in [0.5, 0.6) is 0 Å². The van der Waals surface area contributed by atoms with Gasteiger partial charge in [-0.2, -0.15) is 0 Å². The van der Waals surface area contributed by atoms with Crippen molar-refractivity contribution in [3.05, 3.63) is 78.1 Å². The second-order valence-corrected chi connectivity index (χ2v) is 6.91. The first-order chi connectivity index (χ1) is 14.5. The average molecular weight is 404 g/mol. The summed E-state index contributed by atoms with van der Waals surface area (Å²) in [6, 6.07) is 16.0. The monoisotopic (exact) mass is 404 g/mol. The molecule has 0 saturated heterocycles. The van der Waals surface area contributed by atoms with E-state index in [9.17, 15) is 9.59 Å². The minimum absolute atomic E-state index is 0.0633. The summed E-state index contributed by atoms with van der Waals surface area (Å²) >= 11 is 0. The lowest BCUT2D eigenvalue weighted by Gasteiger charge is -2.11. The molecule has 1 heterocycles. The SMILES string of the molecule is CC(C)NC(=O)Nc1ccc(CNC(=O)c2cccc(Nc3ncccn3)c2)cc1. The van der Waals surface area contributed by atoms with Crippen LogP contribution in [0, 0.1) is 0 Å². The van der Waals surface area contributed by atoms with Crippen molar-refractivity contribution in [3.8, 4) is 0 Å². The van der Waals surface area contributed by atoms with Gasteiger partial charge in [0.25, 0.3) is 5.91 Å². The van der Waals surface area contributed by atoms with Crippen molar-refractivity contribution < 1.29 is 9.59 Å². The van der Waals surface area contributed by atoms with Crippen LogP contribution < -0.4 is 21.3 Å². The van der Waals surface area contributed by atoms with Crippen molar-refractivity contribution in [1.29, 1.82) is 0 Å². The van der Waals surface area contributed by atoms with Gasteiger partial charge >= 0.3 is 6.03 Å².